The standard InChI is InChI=1S/C27H37N3O2/c1-18-11-14-25(26(31)28-18)30-17-21-16-19(12-13-23(21)27(30)32)15-20-7-5-6-10-24(20)29-22-8-3-2-4-9-22/h12-13,16,20,22,24-25,29H,1-11,14-15,17H2,(H,28,31)/t20-,24+,25-/m1/s1. The number of benzene rings is 1. The largest absolute Gasteiger partial charge is 0.329 e. The summed E-state index contributed by atoms with van der Waals surface area (Å²) >= 11 is 0. The van der Waals surface area contributed by atoms with Gasteiger partial charge < -0.3 is 15.5 Å². The predicted octanol–water partition coefficient (Wildman–Crippen LogP) is 4.46. The molecule has 5 nitrogen and oxygen atoms in total. The lowest BCUT2D eigenvalue weighted by Gasteiger charge is -2.36. The second kappa shape index (κ2) is 9.38. The Kier molecular flexibility index (Phi) is 6.36. The molecule has 1 aromatic carbocycles. The molecule has 2 amide bonds. The number of allylic oxidation sites excluding steroid dienone is 1. The maximum absolute atomic E-state index is 13.0. The van der Waals surface area contributed by atoms with Crippen LogP contribution in [0.25, 0.3) is 0 Å². The van der Waals surface area contributed by atoms with Gasteiger partial charge in [-0.3, -0.25) is 9.59 Å². The fourth-order valence-corrected chi connectivity index (χ4v) is 6.38. The highest BCUT2D eigenvalue weighted by Gasteiger charge is 2.38. The fourth-order valence-electron chi connectivity index (χ4n) is 6.38. The molecule has 0 bridgehead atoms. The van der Waals surface area contributed by atoms with Crippen LogP contribution in [0.2, 0.25) is 0 Å². The van der Waals surface area contributed by atoms with Crippen molar-refractivity contribution in [3.8, 4) is 0 Å². The average Bonchev–Trinajstić information content (AvgIpc) is 3.11. The van der Waals surface area contributed by atoms with Crippen LogP contribution >= 0.6 is 0 Å². The van der Waals surface area contributed by atoms with Crippen molar-refractivity contribution >= 4 is 11.8 Å². The summed E-state index contributed by atoms with van der Waals surface area (Å²) in [6.45, 7) is 4.40. The molecule has 2 heterocycles. The van der Waals surface area contributed by atoms with Gasteiger partial charge in [0, 0.05) is 29.9 Å². The van der Waals surface area contributed by atoms with E-state index >= 15 is 0 Å². The molecule has 5 heteroatoms. The Bertz CT molecular complexity index is 889. The van der Waals surface area contributed by atoms with E-state index in [1.807, 2.05) is 6.07 Å². The van der Waals surface area contributed by atoms with Crippen LogP contribution in [0.15, 0.2) is 30.5 Å². The molecule has 0 spiro atoms. The van der Waals surface area contributed by atoms with Crippen LogP contribution in [0.4, 0.5) is 0 Å². The number of nitrogens with one attached hydrogen (secondary N) is 2. The van der Waals surface area contributed by atoms with E-state index < -0.39 is 0 Å². The third-order valence-corrected chi connectivity index (χ3v) is 8.16. The summed E-state index contributed by atoms with van der Waals surface area (Å²) in [5, 5.41) is 6.86. The van der Waals surface area contributed by atoms with E-state index in [4.69, 9.17) is 0 Å². The SMILES string of the molecule is C=C1CC[C@@H](N2Cc3cc(C[C@H]4CCCC[C@@H]4NC4CCCCC4)ccc3C2=O)C(=O)N1. The van der Waals surface area contributed by atoms with Gasteiger partial charge in [-0.05, 0) is 68.1 Å². The van der Waals surface area contributed by atoms with Crippen LogP contribution in [-0.4, -0.2) is 34.8 Å². The molecule has 5 rings (SSSR count). The second-order valence-electron chi connectivity index (χ2n) is 10.4. The summed E-state index contributed by atoms with van der Waals surface area (Å²) in [6.07, 6.45) is 14.5. The van der Waals surface area contributed by atoms with Gasteiger partial charge in [0.1, 0.15) is 6.04 Å². The zero-order valence-electron chi connectivity index (χ0n) is 19.2. The zero-order valence-corrected chi connectivity index (χ0v) is 19.2. The fraction of sp³-hybridized carbons (Fsp3) is 0.630. The third-order valence-electron chi connectivity index (χ3n) is 8.16. The van der Waals surface area contributed by atoms with Gasteiger partial charge in [-0.2, -0.15) is 0 Å². The molecule has 2 saturated carbocycles. The molecule has 2 aliphatic heterocycles. The van der Waals surface area contributed by atoms with E-state index in [1.165, 1.54) is 63.4 Å². The first-order valence-corrected chi connectivity index (χ1v) is 12.8. The number of amides is 2. The highest BCUT2D eigenvalue weighted by atomic mass is 16.2. The summed E-state index contributed by atoms with van der Waals surface area (Å²) in [5.41, 5.74) is 3.94. The number of carbonyl (C=O) groups is 2. The van der Waals surface area contributed by atoms with Gasteiger partial charge in [0.15, 0.2) is 0 Å². The topological polar surface area (TPSA) is 61.4 Å². The van der Waals surface area contributed by atoms with E-state index in [-0.39, 0.29) is 17.9 Å². The van der Waals surface area contributed by atoms with Gasteiger partial charge in [0.2, 0.25) is 5.91 Å². The number of hydrogen-bond acceptors (Lipinski definition) is 3. The molecule has 172 valence electrons. The first kappa shape index (κ1) is 21.7. The minimum absolute atomic E-state index is 0.00581. The predicted molar refractivity (Wildman–Crippen MR) is 126 cm³/mol. The van der Waals surface area contributed by atoms with Crippen molar-refractivity contribution in [2.24, 2.45) is 5.92 Å². The number of piperidine rings is 1. The van der Waals surface area contributed by atoms with Gasteiger partial charge in [0.25, 0.3) is 5.91 Å². The molecule has 0 unspecified atom stereocenters. The molecule has 1 saturated heterocycles. The van der Waals surface area contributed by atoms with Crippen LogP contribution in [-0.2, 0) is 17.8 Å². The van der Waals surface area contributed by atoms with Crippen LogP contribution in [0, 0.1) is 5.92 Å². The Labute approximate surface area is 192 Å². The Morgan fingerprint density at radius 1 is 1.00 bits per heavy atom. The molecule has 2 N–H and O–H groups in total. The lowest BCUT2D eigenvalue weighted by Crippen LogP contribution is -2.49. The van der Waals surface area contributed by atoms with Gasteiger partial charge >= 0.3 is 0 Å². The van der Waals surface area contributed by atoms with Crippen molar-refractivity contribution in [2.75, 3.05) is 0 Å². The van der Waals surface area contributed by atoms with Gasteiger partial charge in [-0.25, -0.2) is 0 Å². The summed E-state index contributed by atoms with van der Waals surface area (Å²) < 4.78 is 0. The monoisotopic (exact) mass is 435 g/mol. The van der Waals surface area contributed by atoms with Gasteiger partial charge in [-0.15, -0.1) is 0 Å². The summed E-state index contributed by atoms with van der Waals surface area (Å²) in [7, 11) is 0. The van der Waals surface area contributed by atoms with Gasteiger partial charge in [0.05, 0.1) is 0 Å². The van der Waals surface area contributed by atoms with E-state index in [0.717, 1.165) is 29.7 Å². The Morgan fingerprint density at radius 3 is 2.59 bits per heavy atom. The van der Waals surface area contributed by atoms with Crippen LogP contribution < -0.4 is 10.6 Å². The number of hydrogen-bond donors (Lipinski definition) is 2. The summed E-state index contributed by atoms with van der Waals surface area (Å²) in [5.74, 6) is 0.572. The van der Waals surface area contributed by atoms with Crippen LogP contribution in [0.3, 0.4) is 0 Å². The molecule has 3 atom stereocenters. The second-order valence-corrected chi connectivity index (χ2v) is 10.4. The maximum Gasteiger partial charge on any atom is 0.255 e. The smallest absolute Gasteiger partial charge is 0.255 e. The van der Waals surface area contributed by atoms with Crippen molar-refractivity contribution in [1.29, 1.82) is 0 Å². The lowest BCUT2D eigenvalue weighted by molar-refractivity contribution is -0.126. The number of nitrogens with zero attached hydrogens (tertiary/aromatic N) is 1. The van der Waals surface area contributed by atoms with E-state index in [1.54, 1.807) is 4.90 Å². The van der Waals surface area contributed by atoms with Crippen LogP contribution in [0.1, 0.15) is 92.1 Å². The first-order valence-electron chi connectivity index (χ1n) is 12.8. The first-order chi connectivity index (χ1) is 15.6. The normalized spacial score (nSPS) is 29.2. The molecule has 2 aliphatic carbocycles. The molecule has 3 fully saturated rings. The molecule has 0 aromatic heterocycles. The Morgan fingerprint density at radius 2 is 1.78 bits per heavy atom. The number of carbonyl (C=O) groups excluding carboxylic acids is 2. The Balaban J connectivity index is 1.26. The minimum atomic E-state index is -0.383. The maximum atomic E-state index is 13.0. The van der Waals surface area contributed by atoms with Crippen LogP contribution in [0.5, 0.6) is 0 Å². The van der Waals surface area contributed by atoms with Gasteiger partial charge in [-0.1, -0.05) is 50.8 Å². The molecule has 4 aliphatic rings. The number of fused-ring (bicyclic) bond motifs is 1. The molecule has 32 heavy (non-hydrogen) atoms. The molecule has 1 aromatic rings. The minimum Gasteiger partial charge on any atom is -0.329 e. The summed E-state index contributed by atoms with van der Waals surface area (Å²) in [4.78, 5) is 27.2. The molecule has 0 radical (unpaired) electrons. The highest BCUT2D eigenvalue weighted by molar-refractivity contribution is 6.01. The van der Waals surface area contributed by atoms with Crippen molar-refractivity contribution < 1.29 is 9.59 Å². The Hall–Kier alpha value is -2.14. The van der Waals surface area contributed by atoms with E-state index in [2.05, 4.69) is 29.3 Å². The summed E-state index contributed by atoms with van der Waals surface area (Å²) in [6, 6.07) is 7.33. The van der Waals surface area contributed by atoms with E-state index in [9.17, 15) is 9.59 Å². The zero-order chi connectivity index (χ0) is 22.1. The lowest BCUT2D eigenvalue weighted by atomic mass is 9.79. The number of rotatable bonds is 5. The molecular weight excluding hydrogens is 398 g/mol. The quantitative estimate of drug-likeness (QED) is 0.718. The van der Waals surface area contributed by atoms with E-state index in [0.29, 0.717) is 31.0 Å². The highest BCUT2D eigenvalue weighted by Crippen LogP contribution is 2.33. The van der Waals surface area contributed by atoms with Crippen molar-refractivity contribution in [3.63, 3.8) is 0 Å². The third kappa shape index (κ3) is 4.50. The average molecular weight is 436 g/mol. The molecular formula is C27H37N3O2. The van der Waals surface area contributed by atoms with Crippen molar-refractivity contribution in [1.82, 2.24) is 15.5 Å². The van der Waals surface area contributed by atoms with Crippen molar-refractivity contribution in [2.45, 2.75) is 102 Å². The van der Waals surface area contributed by atoms with Crippen molar-refractivity contribution in [3.05, 3.63) is 47.2 Å².